The predicted octanol–water partition coefficient (Wildman–Crippen LogP) is 3.05. The molecular formula is C19H23ClN2O3S. The molecule has 0 saturated heterocycles. The Labute approximate surface area is 163 Å². The van der Waals surface area contributed by atoms with Crippen LogP contribution in [0.1, 0.15) is 28.5 Å². The molecule has 1 aliphatic heterocycles. The molecule has 1 aliphatic rings. The summed E-state index contributed by atoms with van der Waals surface area (Å²) in [4.78, 5) is 28.7. The van der Waals surface area contributed by atoms with Gasteiger partial charge in [-0.1, -0.05) is 30.3 Å². The largest absolute Gasteiger partial charge is 0.481 e. The van der Waals surface area contributed by atoms with Gasteiger partial charge in [-0.3, -0.25) is 14.5 Å². The molecule has 3 rings (SSSR count). The monoisotopic (exact) mass is 394 g/mol. The summed E-state index contributed by atoms with van der Waals surface area (Å²) in [6.07, 6.45) is 0.918. The molecule has 2 heterocycles. The molecule has 140 valence electrons. The van der Waals surface area contributed by atoms with Crippen LogP contribution in [0.25, 0.3) is 0 Å². The first-order chi connectivity index (χ1) is 12.1. The number of fused-ring (bicyclic) bond motifs is 1. The van der Waals surface area contributed by atoms with Crippen molar-refractivity contribution in [1.82, 2.24) is 9.80 Å². The van der Waals surface area contributed by atoms with Crippen LogP contribution in [0.4, 0.5) is 0 Å². The third-order valence-electron chi connectivity index (χ3n) is 4.51. The maximum atomic E-state index is 12.9. The minimum atomic E-state index is -0.845. The first kappa shape index (κ1) is 20.4. The molecule has 1 aromatic heterocycles. The summed E-state index contributed by atoms with van der Waals surface area (Å²) in [6.45, 7) is 1.30. The third-order valence-corrected chi connectivity index (χ3v) is 5.51. The number of rotatable bonds is 6. The Hall–Kier alpha value is -1.89. The van der Waals surface area contributed by atoms with Crippen LogP contribution in [-0.2, 0) is 16.0 Å². The summed E-state index contributed by atoms with van der Waals surface area (Å²) < 4.78 is 0. The normalized spacial score (nSPS) is 16.1. The number of hydrogen-bond donors (Lipinski definition) is 1. The highest BCUT2D eigenvalue weighted by Crippen LogP contribution is 2.37. The van der Waals surface area contributed by atoms with E-state index in [1.807, 2.05) is 23.1 Å². The Kier molecular flexibility index (Phi) is 7.20. The lowest BCUT2D eigenvalue weighted by Crippen LogP contribution is -2.44. The molecule has 0 spiro atoms. The van der Waals surface area contributed by atoms with Crippen molar-refractivity contribution in [2.24, 2.45) is 0 Å². The van der Waals surface area contributed by atoms with Crippen LogP contribution in [0.5, 0.6) is 0 Å². The molecule has 1 aromatic carbocycles. The third kappa shape index (κ3) is 4.63. The molecule has 1 amide bonds. The number of carbonyl (C=O) groups is 2. The van der Waals surface area contributed by atoms with Crippen molar-refractivity contribution in [2.45, 2.75) is 18.9 Å². The zero-order valence-corrected chi connectivity index (χ0v) is 16.3. The zero-order chi connectivity index (χ0) is 17.8. The molecule has 0 fully saturated rings. The van der Waals surface area contributed by atoms with Gasteiger partial charge in [0.05, 0.1) is 19.0 Å². The van der Waals surface area contributed by atoms with Crippen LogP contribution in [0, 0.1) is 0 Å². The van der Waals surface area contributed by atoms with Gasteiger partial charge in [0.1, 0.15) is 0 Å². The molecule has 0 bridgehead atoms. The van der Waals surface area contributed by atoms with E-state index in [4.69, 9.17) is 5.11 Å². The molecule has 0 saturated carbocycles. The van der Waals surface area contributed by atoms with E-state index < -0.39 is 5.97 Å². The number of halogens is 1. The SMILES string of the molecule is CN(CCC(=O)O)CC(=O)N1CCc2sccc2C1c1ccccc1.Cl. The summed E-state index contributed by atoms with van der Waals surface area (Å²) in [7, 11) is 1.79. The summed E-state index contributed by atoms with van der Waals surface area (Å²) in [5.41, 5.74) is 2.33. The Balaban J connectivity index is 0.00000243. The number of carboxylic acid groups (broad SMARTS) is 1. The first-order valence-electron chi connectivity index (χ1n) is 8.37. The molecule has 1 atom stereocenters. The number of carboxylic acids is 1. The van der Waals surface area contributed by atoms with E-state index in [2.05, 4.69) is 23.6 Å². The summed E-state index contributed by atoms with van der Waals surface area (Å²) in [6, 6.07) is 12.2. The Morgan fingerprint density at radius 3 is 2.69 bits per heavy atom. The minimum absolute atomic E-state index is 0. The Morgan fingerprint density at radius 1 is 1.27 bits per heavy atom. The number of amides is 1. The lowest BCUT2D eigenvalue weighted by atomic mass is 9.93. The molecule has 1 N–H and O–H groups in total. The van der Waals surface area contributed by atoms with Gasteiger partial charge < -0.3 is 10.0 Å². The minimum Gasteiger partial charge on any atom is -0.481 e. The van der Waals surface area contributed by atoms with E-state index in [1.165, 1.54) is 10.4 Å². The van der Waals surface area contributed by atoms with Gasteiger partial charge in [0.25, 0.3) is 0 Å². The standard InChI is InChI=1S/C19H22N2O3S.ClH/c1-20(10-8-18(23)24)13-17(22)21-11-7-16-15(9-12-25-16)19(21)14-5-3-2-4-6-14;/h2-6,9,12,19H,7-8,10-11,13H2,1H3,(H,23,24);1H. The number of thiophene rings is 1. The quantitative estimate of drug-likeness (QED) is 0.818. The fraction of sp³-hybridized carbons (Fsp3) is 0.368. The van der Waals surface area contributed by atoms with Gasteiger partial charge in [0, 0.05) is 18.0 Å². The number of nitrogens with zero attached hydrogens (tertiary/aromatic N) is 2. The highest BCUT2D eigenvalue weighted by atomic mass is 35.5. The van der Waals surface area contributed by atoms with Crippen LogP contribution < -0.4 is 0 Å². The van der Waals surface area contributed by atoms with Crippen LogP contribution in [0.3, 0.4) is 0 Å². The molecule has 0 radical (unpaired) electrons. The van der Waals surface area contributed by atoms with E-state index in [1.54, 1.807) is 23.3 Å². The van der Waals surface area contributed by atoms with Crippen molar-refractivity contribution in [2.75, 3.05) is 26.7 Å². The van der Waals surface area contributed by atoms with Crippen molar-refractivity contribution in [1.29, 1.82) is 0 Å². The number of carbonyl (C=O) groups excluding carboxylic acids is 1. The van der Waals surface area contributed by atoms with Crippen molar-refractivity contribution in [3.8, 4) is 0 Å². The maximum absolute atomic E-state index is 12.9. The lowest BCUT2D eigenvalue weighted by Gasteiger charge is -2.37. The average molecular weight is 395 g/mol. The molecule has 1 unspecified atom stereocenters. The number of benzene rings is 1. The topological polar surface area (TPSA) is 60.9 Å². The van der Waals surface area contributed by atoms with Gasteiger partial charge in [-0.2, -0.15) is 0 Å². The Morgan fingerprint density at radius 2 is 2.00 bits per heavy atom. The fourth-order valence-electron chi connectivity index (χ4n) is 3.27. The van der Waals surface area contributed by atoms with Crippen molar-refractivity contribution in [3.63, 3.8) is 0 Å². The summed E-state index contributed by atoms with van der Waals surface area (Å²) >= 11 is 1.75. The number of hydrogen-bond acceptors (Lipinski definition) is 4. The van der Waals surface area contributed by atoms with Crippen molar-refractivity contribution in [3.05, 3.63) is 57.8 Å². The van der Waals surface area contributed by atoms with Crippen LogP contribution in [-0.4, -0.2) is 53.5 Å². The predicted molar refractivity (Wildman–Crippen MR) is 105 cm³/mol. The molecule has 5 nitrogen and oxygen atoms in total. The van der Waals surface area contributed by atoms with E-state index in [0.717, 1.165) is 12.0 Å². The molecule has 0 aliphatic carbocycles. The second-order valence-electron chi connectivity index (χ2n) is 6.33. The van der Waals surface area contributed by atoms with Crippen LogP contribution in [0.2, 0.25) is 0 Å². The van der Waals surface area contributed by atoms with Gasteiger partial charge in [-0.15, -0.1) is 23.7 Å². The number of aliphatic carboxylic acids is 1. The second-order valence-corrected chi connectivity index (χ2v) is 7.33. The highest BCUT2D eigenvalue weighted by Gasteiger charge is 2.32. The van der Waals surface area contributed by atoms with Crippen LogP contribution >= 0.6 is 23.7 Å². The molecule has 26 heavy (non-hydrogen) atoms. The molecule has 2 aromatic rings. The van der Waals surface area contributed by atoms with Gasteiger partial charge in [-0.25, -0.2) is 0 Å². The highest BCUT2D eigenvalue weighted by molar-refractivity contribution is 7.10. The first-order valence-corrected chi connectivity index (χ1v) is 9.25. The van der Waals surface area contributed by atoms with E-state index in [-0.39, 0.29) is 37.3 Å². The van der Waals surface area contributed by atoms with Gasteiger partial charge in [0.15, 0.2) is 0 Å². The zero-order valence-electron chi connectivity index (χ0n) is 14.6. The second kappa shape index (κ2) is 9.16. The van der Waals surface area contributed by atoms with E-state index in [0.29, 0.717) is 13.1 Å². The summed E-state index contributed by atoms with van der Waals surface area (Å²) in [5, 5.41) is 10.9. The average Bonchev–Trinajstić information content (AvgIpc) is 3.08. The smallest absolute Gasteiger partial charge is 0.304 e. The van der Waals surface area contributed by atoms with Gasteiger partial charge in [0.2, 0.25) is 5.91 Å². The van der Waals surface area contributed by atoms with E-state index in [9.17, 15) is 9.59 Å². The van der Waals surface area contributed by atoms with Crippen molar-refractivity contribution < 1.29 is 14.7 Å². The van der Waals surface area contributed by atoms with Crippen molar-refractivity contribution >= 4 is 35.6 Å². The maximum Gasteiger partial charge on any atom is 0.304 e. The molecular weight excluding hydrogens is 372 g/mol. The fourth-order valence-corrected chi connectivity index (χ4v) is 4.17. The molecule has 7 heteroatoms. The lowest BCUT2D eigenvalue weighted by molar-refractivity contribution is -0.139. The van der Waals surface area contributed by atoms with E-state index >= 15 is 0 Å². The van der Waals surface area contributed by atoms with Gasteiger partial charge in [-0.05, 0) is 36.0 Å². The van der Waals surface area contributed by atoms with Crippen LogP contribution in [0.15, 0.2) is 41.8 Å². The summed E-state index contributed by atoms with van der Waals surface area (Å²) in [5.74, 6) is -0.805. The Bertz CT molecular complexity index is 750. The number of likely N-dealkylation sites (N-methyl/N-ethyl adjacent to an activating group) is 1. The van der Waals surface area contributed by atoms with Gasteiger partial charge >= 0.3 is 5.97 Å².